The fourth-order valence-corrected chi connectivity index (χ4v) is 2.21. The molecule has 1 aromatic heterocycles. The van der Waals surface area contributed by atoms with Gasteiger partial charge in [-0.3, -0.25) is 4.79 Å². The van der Waals surface area contributed by atoms with Crippen molar-refractivity contribution in [2.45, 2.75) is 46.6 Å². The summed E-state index contributed by atoms with van der Waals surface area (Å²) in [6.07, 6.45) is 3.15. The normalized spacial score (nSPS) is 13.0. The number of nitrogens with two attached hydrogens (primary N) is 1. The topological polar surface area (TPSA) is 72.9 Å². The largest absolute Gasteiger partial charge is 0.330 e. The molecule has 0 spiro atoms. The number of amides is 1. The highest BCUT2D eigenvalue weighted by Gasteiger charge is 2.15. The van der Waals surface area contributed by atoms with Crippen LogP contribution >= 0.6 is 0 Å². The lowest BCUT2D eigenvalue weighted by Crippen LogP contribution is -2.24. The molecule has 108 valence electrons. The molecule has 0 aliphatic rings. The van der Waals surface area contributed by atoms with Gasteiger partial charge in [-0.15, -0.1) is 0 Å². The van der Waals surface area contributed by atoms with E-state index in [0.29, 0.717) is 18.9 Å². The number of nitrogens with zero attached hydrogens (tertiary/aromatic N) is 2. The van der Waals surface area contributed by atoms with E-state index in [1.54, 1.807) is 10.9 Å². The van der Waals surface area contributed by atoms with E-state index >= 15 is 0 Å². The second kappa shape index (κ2) is 7.28. The fourth-order valence-electron chi connectivity index (χ4n) is 2.21. The van der Waals surface area contributed by atoms with Crippen LogP contribution in [0.5, 0.6) is 0 Å². The van der Waals surface area contributed by atoms with Crippen molar-refractivity contribution in [1.82, 2.24) is 9.78 Å². The highest BCUT2D eigenvalue weighted by Crippen LogP contribution is 2.17. The van der Waals surface area contributed by atoms with Crippen molar-refractivity contribution in [1.29, 1.82) is 0 Å². The van der Waals surface area contributed by atoms with Gasteiger partial charge in [0, 0.05) is 18.5 Å². The molecule has 0 saturated carbocycles. The summed E-state index contributed by atoms with van der Waals surface area (Å²) in [6.45, 7) is 8.91. The number of hydrogen-bond acceptors (Lipinski definition) is 3. The highest BCUT2D eigenvalue weighted by atomic mass is 16.1. The monoisotopic (exact) mass is 266 g/mol. The van der Waals surface area contributed by atoms with Crippen molar-refractivity contribution in [2.75, 3.05) is 11.9 Å². The van der Waals surface area contributed by atoms with Gasteiger partial charge >= 0.3 is 0 Å². The van der Waals surface area contributed by atoms with E-state index in [0.717, 1.165) is 12.2 Å². The van der Waals surface area contributed by atoms with Crippen LogP contribution in [-0.2, 0) is 4.79 Å². The Bertz CT molecular complexity index is 398. The molecule has 0 bridgehead atoms. The summed E-state index contributed by atoms with van der Waals surface area (Å²) in [5.41, 5.74) is 5.72. The Labute approximate surface area is 115 Å². The summed E-state index contributed by atoms with van der Waals surface area (Å²) in [5, 5.41) is 7.11. The molecule has 0 unspecified atom stereocenters. The number of anilines is 1. The predicted molar refractivity (Wildman–Crippen MR) is 77.9 cm³/mol. The minimum absolute atomic E-state index is 0.0125. The first-order chi connectivity index (χ1) is 8.93. The standard InChI is InChI=1S/C14H26N4O/c1-10(2)7-12(9-15)8-14(19)17-13-5-6-16-18(13)11(3)4/h5-6,10-12H,7-9,15H2,1-4H3,(H,17,19)/t12-/m0/s1. The molecule has 3 N–H and O–H groups in total. The predicted octanol–water partition coefficient (Wildman–Crippen LogP) is 2.41. The number of rotatable bonds is 7. The molecule has 0 radical (unpaired) electrons. The first-order valence-electron chi connectivity index (χ1n) is 6.97. The first-order valence-corrected chi connectivity index (χ1v) is 6.97. The maximum absolute atomic E-state index is 12.0. The van der Waals surface area contributed by atoms with Crippen LogP contribution in [0, 0.1) is 11.8 Å². The lowest BCUT2D eigenvalue weighted by molar-refractivity contribution is -0.117. The third-order valence-corrected chi connectivity index (χ3v) is 3.04. The average molecular weight is 266 g/mol. The van der Waals surface area contributed by atoms with Gasteiger partial charge in [-0.2, -0.15) is 5.10 Å². The smallest absolute Gasteiger partial charge is 0.225 e. The molecular weight excluding hydrogens is 240 g/mol. The van der Waals surface area contributed by atoms with Crippen LogP contribution in [0.15, 0.2) is 12.3 Å². The van der Waals surface area contributed by atoms with E-state index in [9.17, 15) is 4.79 Å². The minimum atomic E-state index is 0.0125. The SMILES string of the molecule is CC(C)C[C@H](CN)CC(=O)Nc1ccnn1C(C)C. The van der Waals surface area contributed by atoms with Crippen molar-refractivity contribution in [2.24, 2.45) is 17.6 Å². The van der Waals surface area contributed by atoms with Gasteiger partial charge in [-0.1, -0.05) is 13.8 Å². The summed E-state index contributed by atoms with van der Waals surface area (Å²) in [6, 6.07) is 2.05. The molecule has 5 nitrogen and oxygen atoms in total. The van der Waals surface area contributed by atoms with Crippen molar-refractivity contribution in [3.05, 3.63) is 12.3 Å². The molecule has 0 aliphatic carbocycles. The number of hydrogen-bond donors (Lipinski definition) is 2. The van der Waals surface area contributed by atoms with Crippen molar-refractivity contribution in [3.63, 3.8) is 0 Å². The van der Waals surface area contributed by atoms with E-state index in [2.05, 4.69) is 24.3 Å². The molecule has 19 heavy (non-hydrogen) atoms. The Morgan fingerprint density at radius 2 is 2.11 bits per heavy atom. The van der Waals surface area contributed by atoms with E-state index in [1.807, 2.05) is 19.9 Å². The van der Waals surface area contributed by atoms with Crippen LogP contribution in [0.1, 0.15) is 46.6 Å². The van der Waals surface area contributed by atoms with Crippen molar-refractivity contribution in [3.8, 4) is 0 Å². The molecular formula is C14H26N4O. The first kappa shape index (κ1) is 15.7. The van der Waals surface area contributed by atoms with Crippen LogP contribution in [0.4, 0.5) is 5.82 Å². The summed E-state index contributed by atoms with van der Waals surface area (Å²) in [4.78, 5) is 12.0. The third-order valence-electron chi connectivity index (χ3n) is 3.04. The minimum Gasteiger partial charge on any atom is -0.330 e. The Kier molecular flexibility index (Phi) is 6.02. The van der Waals surface area contributed by atoms with Gasteiger partial charge in [0.1, 0.15) is 5.82 Å². The van der Waals surface area contributed by atoms with Crippen LogP contribution < -0.4 is 11.1 Å². The van der Waals surface area contributed by atoms with Gasteiger partial charge in [0.05, 0.1) is 6.20 Å². The molecule has 1 heterocycles. The summed E-state index contributed by atoms with van der Waals surface area (Å²) < 4.78 is 1.80. The van der Waals surface area contributed by atoms with E-state index in [-0.39, 0.29) is 17.9 Å². The number of carbonyl (C=O) groups is 1. The average Bonchev–Trinajstić information content (AvgIpc) is 2.75. The summed E-state index contributed by atoms with van der Waals surface area (Å²) >= 11 is 0. The zero-order valence-corrected chi connectivity index (χ0v) is 12.4. The Hall–Kier alpha value is -1.36. The van der Waals surface area contributed by atoms with E-state index < -0.39 is 0 Å². The Morgan fingerprint density at radius 1 is 1.42 bits per heavy atom. The number of carbonyl (C=O) groups excluding carboxylic acids is 1. The molecule has 0 fully saturated rings. The lowest BCUT2D eigenvalue weighted by Gasteiger charge is -2.17. The van der Waals surface area contributed by atoms with Gasteiger partial charge < -0.3 is 11.1 Å². The molecule has 0 aromatic carbocycles. The van der Waals surface area contributed by atoms with Gasteiger partial charge in [0.15, 0.2) is 0 Å². The van der Waals surface area contributed by atoms with Gasteiger partial charge in [0.25, 0.3) is 0 Å². The van der Waals surface area contributed by atoms with Gasteiger partial charge in [-0.05, 0) is 38.6 Å². The Balaban J connectivity index is 2.57. The van der Waals surface area contributed by atoms with E-state index in [4.69, 9.17) is 5.73 Å². The molecule has 5 heteroatoms. The molecule has 1 amide bonds. The second-order valence-electron chi connectivity index (χ2n) is 5.74. The molecule has 0 aliphatic heterocycles. The quantitative estimate of drug-likeness (QED) is 0.796. The van der Waals surface area contributed by atoms with Gasteiger partial charge in [0.2, 0.25) is 5.91 Å². The zero-order valence-electron chi connectivity index (χ0n) is 12.4. The molecule has 1 rings (SSSR count). The van der Waals surface area contributed by atoms with Crippen LogP contribution in [-0.4, -0.2) is 22.2 Å². The second-order valence-corrected chi connectivity index (χ2v) is 5.74. The van der Waals surface area contributed by atoms with Crippen LogP contribution in [0.25, 0.3) is 0 Å². The Morgan fingerprint density at radius 3 is 2.63 bits per heavy atom. The summed E-state index contributed by atoms with van der Waals surface area (Å²) in [7, 11) is 0. The maximum Gasteiger partial charge on any atom is 0.225 e. The van der Waals surface area contributed by atoms with Crippen LogP contribution in [0.3, 0.4) is 0 Å². The number of nitrogens with one attached hydrogen (secondary N) is 1. The van der Waals surface area contributed by atoms with Crippen molar-refractivity contribution < 1.29 is 4.79 Å². The molecule has 1 aromatic rings. The van der Waals surface area contributed by atoms with Gasteiger partial charge in [-0.25, -0.2) is 4.68 Å². The van der Waals surface area contributed by atoms with Crippen LogP contribution in [0.2, 0.25) is 0 Å². The molecule has 1 atom stereocenters. The van der Waals surface area contributed by atoms with Crippen molar-refractivity contribution >= 4 is 11.7 Å². The number of aromatic nitrogens is 2. The summed E-state index contributed by atoms with van der Waals surface area (Å²) in [5.74, 6) is 1.57. The lowest BCUT2D eigenvalue weighted by atomic mass is 9.94. The fraction of sp³-hybridized carbons (Fsp3) is 0.714. The van der Waals surface area contributed by atoms with E-state index in [1.165, 1.54) is 0 Å². The zero-order chi connectivity index (χ0) is 14.4. The molecule has 0 saturated heterocycles. The third kappa shape index (κ3) is 5.03. The maximum atomic E-state index is 12.0. The highest BCUT2D eigenvalue weighted by molar-refractivity contribution is 5.90.